The van der Waals surface area contributed by atoms with E-state index in [1.165, 1.54) is 27.1 Å². The second-order valence-corrected chi connectivity index (χ2v) is 9.57. The number of ketones is 1. The minimum atomic E-state index is -0.0115. The monoisotopic (exact) mass is 506 g/mol. The fraction of sp³-hybridized carbons (Fsp3) is 0.542. The summed E-state index contributed by atoms with van der Waals surface area (Å²) in [4.78, 5) is 13.9. The summed E-state index contributed by atoms with van der Waals surface area (Å²) in [5.74, 6) is 0.787. The van der Waals surface area contributed by atoms with Gasteiger partial charge in [-0.05, 0) is 61.3 Å². The molecule has 0 N–H and O–H groups in total. The van der Waals surface area contributed by atoms with E-state index in [2.05, 4.69) is 37.4 Å². The summed E-state index contributed by atoms with van der Waals surface area (Å²) in [6.45, 7) is 4.96. The molecule has 1 aliphatic rings. The van der Waals surface area contributed by atoms with Gasteiger partial charge in [0.1, 0.15) is 5.78 Å². The first-order valence-electron chi connectivity index (χ1n) is 10.2. The standard InChI is InChI=1S/C24H30ClO2S.Y/c1-16-12-18(13-17(2)22(16)15-27-3)9-10-20-21(24(26)14-23(20)25)8-4-6-19-7-5-11-28-19;/h5,7,12-13,20-21,23H,4,6,8-10,14-15H2,1-3H3;/q-1;/t20-,21-,23?;/m1./s1. The number of halogens is 1. The van der Waals surface area contributed by atoms with Crippen LogP contribution in [0, 0.1) is 31.1 Å². The summed E-state index contributed by atoms with van der Waals surface area (Å²) in [6, 6.07) is 8.63. The number of hydrogen-bond acceptors (Lipinski definition) is 3. The van der Waals surface area contributed by atoms with E-state index in [-0.39, 0.29) is 44.0 Å². The van der Waals surface area contributed by atoms with E-state index in [1.54, 1.807) is 18.4 Å². The Kier molecular flexibility index (Phi) is 10.5. The molecule has 1 aromatic heterocycles. The molecule has 0 bridgehead atoms. The van der Waals surface area contributed by atoms with Crippen molar-refractivity contribution in [1.82, 2.24) is 0 Å². The van der Waals surface area contributed by atoms with Gasteiger partial charge in [0.15, 0.2) is 0 Å². The fourth-order valence-electron chi connectivity index (χ4n) is 4.58. The molecule has 1 heterocycles. The minimum absolute atomic E-state index is 0. The third-order valence-electron chi connectivity index (χ3n) is 6.07. The number of carbonyl (C=O) groups excluding carboxylic acids is 1. The van der Waals surface area contributed by atoms with Gasteiger partial charge in [-0.15, -0.1) is 21.9 Å². The molecular formula is C24H30ClO2SY-. The van der Waals surface area contributed by atoms with Crippen LogP contribution in [0.2, 0.25) is 0 Å². The van der Waals surface area contributed by atoms with Gasteiger partial charge in [0.25, 0.3) is 0 Å². The van der Waals surface area contributed by atoms with Crippen molar-refractivity contribution < 1.29 is 42.2 Å². The SMILES string of the molecule is COCc1c(C)cc(CC[C@H]2C(Cl)CC(=O)[C@@H]2CCCc2cc[c-]s2)cc1C.[Y]. The van der Waals surface area contributed by atoms with Crippen LogP contribution in [-0.2, 0) is 61.7 Å². The molecule has 1 fully saturated rings. The second-order valence-electron chi connectivity index (χ2n) is 8.05. The van der Waals surface area contributed by atoms with Crippen molar-refractivity contribution in [1.29, 1.82) is 0 Å². The quantitative estimate of drug-likeness (QED) is 0.304. The molecule has 1 aromatic carbocycles. The number of aryl methyl sites for hydroxylation is 4. The Balaban J connectivity index is 0.00000300. The van der Waals surface area contributed by atoms with Gasteiger partial charge in [0.05, 0.1) is 6.61 Å². The molecule has 0 spiro atoms. The number of rotatable bonds is 9. The van der Waals surface area contributed by atoms with Gasteiger partial charge in [-0.3, -0.25) is 4.79 Å². The first-order valence-corrected chi connectivity index (χ1v) is 11.4. The molecule has 2 nitrogen and oxygen atoms in total. The summed E-state index contributed by atoms with van der Waals surface area (Å²) in [5, 5.41) is 3.13. The molecule has 0 aliphatic heterocycles. The summed E-state index contributed by atoms with van der Waals surface area (Å²) in [6.07, 6.45) is 5.54. The van der Waals surface area contributed by atoms with Gasteiger partial charge in [-0.25, -0.2) is 6.07 Å². The van der Waals surface area contributed by atoms with Gasteiger partial charge >= 0.3 is 0 Å². The Morgan fingerprint density at radius 3 is 2.55 bits per heavy atom. The van der Waals surface area contributed by atoms with E-state index >= 15 is 0 Å². The number of benzene rings is 1. The van der Waals surface area contributed by atoms with Gasteiger partial charge in [-0.1, -0.05) is 25.0 Å². The predicted octanol–water partition coefficient (Wildman–Crippen LogP) is 6.08. The molecule has 3 atom stereocenters. The van der Waals surface area contributed by atoms with Gasteiger partial charge in [0.2, 0.25) is 0 Å². The van der Waals surface area contributed by atoms with Crippen molar-refractivity contribution in [2.75, 3.05) is 7.11 Å². The van der Waals surface area contributed by atoms with E-state index in [0.717, 1.165) is 32.1 Å². The maximum atomic E-state index is 12.5. The molecule has 1 unspecified atom stereocenters. The molecule has 29 heavy (non-hydrogen) atoms. The van der Waals surface area contributed by atoms with Gasteiger partial charge in [-0.2, -0.15) is 6.07 Å². The van der Waals surface area contributed by atoms with Crippen molar-refractivity contribution >= 4 is 28.7 Å². The Morgan fingerprint density at radius 2 is 1.93 bits per heavy atom. The Bertz CT molecular complexity index is 767. The van der Waals surface area contributed by atoms with Gasteiger partial charge < -0.3 is 16.1 Å². The molecule has 1 saturated carbocycles. The molecule has 0 amide bonds. The molecule has 5 heteroatoms. The van der Waals surface area contributed by atoms with Crippen molar-refractivity contribution in [2.45, 2.75) is 64.4 Å². The molecular weight excluding hydrogens is 477 g/mol. The van der Waals surface area contributed by atoms with Crippen LogP contribution in [0.5, 0.6) is 0 Å². The van der Waals surface area contributed by atoms with Crippen LogP contribution in [0.3, 0.4) is 0 Å². The zero-order valence-electron chi connectivity index (χ0n) is 17.7. The Labute approximate surface area is 209 Å². The fourth-order valence-corrected chi connectivity index (χ4v) is 5.70. The number of alkyl halides is 1. The summed E-state index contributed by atoms with van der Waals surface area (Å²) < 4.78 is 5.32. The van der Waals surface area contributed by atoms with Crippen molar-refractivity contribution in [3.8, 4) is 0 Å². The maximum Gasteiger partial charge on any atom is 0.137 e. The number of ether oxygens (including phenoxy) is 1. The second kappa shape index (κ2) is 12.1. The first-order chi connectivity index (χ1) is 13.5. The predicted molar refractivity (Wildman–Crippen MR) is 117 cm³/mol. The minimum Gasteiger partial charge on any atom is -0.380 e. The van der Waals surface area contributed by atoms with Crippen molar-refractivity contribution in [3.05, 3.63) is 56.8 Å². The Hall–Kier alpha value is -0.0561. The molecule has 1 radical (unpaired) electrons. The summed E-state index contributed by atoms with van der Waals surface area (Å²) in [5.41, 5.74) is 5.18. The molecule has 0 saturated heterocycles. The van der Waals surface area contributed by atoms with Crippen LogP contribution in [0.25, 0.3) is 0 Å². The van der Waals surface area contributed by atoms with E-state index in [9.17, 15) is 4.79 Å². The number of Topliss-reactive ketones (excluding diaryl/α,β-unsaturated/α-hetero) is 1. The largest absolute Gasteiger partial charge is 0.380 e. The Morgan fingerprint density at radius 1 is 1.21 bits per heavy atom. The van der Waals surface area contributed by atoms with Crippen LogP contribution in [0.15, 0.2) is 24.3 Å². The third kappa shape index (κ3) is 6.71. The normalized spacial score (nSPS) is 21.4. The van der Waals surface area contributed by atoms with Crippen molar-refractivity contribution in [3.63, 3.8) is 0 Å². The van der Waals surface area contributed by atoms with Crippen LogP contribution in [0.4, 0.5) is 0 Å². The topological polar surface area (TPSA) is 26.3 Å². The van der Waals surface area contributed by atoms with E-state index in [1.807, 2.05) is 6.07 Å². The average Bonchev–Trinajstić information content (AvgIpc) is 3.25. The average molecular weight is 507 g/mol. The number of thiophene rings is 1. The van der Waals surface area contributed by atoms with Crippen LogP contribution >= 0.6 is 22.9 Å². The number of carbonyl (C=O) groups is 1. The third-order valence-corrected chi connectivity index (χ3v) is 7.40. The van der Waals surface area contributed by atoms with Crippen LogP contribution < -0.4 is 0 Å². The molecule has 155 valence electrons. The molecule has 2 aromatic rings. The van der Waals surface area contributed by atoms with E-state index in [4.69, 9.17) is 16.3 Å². The van der Waals surface area contributed by atoms with Crippen LogP contribution in [0.1, 0.15) is 52.8 Å². The van der Waals surface area contributed by atoms with Crippen LogP contribution in [-0.4, -0.2) is 18.3 Å². The van der Waals surface area contributed by atoms with Crippen molar-refractivity contribution in [2.24, 2.45) is 11.8 Å². The number of hydrogen-bond donors (Lipinski definition) is 0. The molecule has 3 rings (SSSR count). The summed E-state index contributed by atoms with van der Waals surface area (Å²) >= 11 is 8.28. The number of methoxy groups -OCH3 is 1. The molecule has 1 aliphatic carbocycles. The zero-order valence-corrected chi connectivity index (χ0v) is 22.1. The van der Waals surface area contributed by atoms with E-state index in [0.29, 0.717) is 24.7 Å². The van der Waals surface area contributed by atoms with E-state index < -0.39 is 0 Å². The maximum absolute atomic E-state index is 12.5. The summed E-state index contributed by atoms with van der Waals surface area (Å²) in [7, 11) is 1.74. The zero-order chi connectivity index (χ0) is 20.1. The smallest absolute Gasteiger partial charge is 0.137 e. The first kappa shape index (κ1) is 25.2. The van der Waals surface area contributed by atoms with Gasteiger partial charge in [0, 0.05) is 57.5 Å².